The van der Waals surface area contributed by atoms with E-state index in [9.17, 15) is 4.79 Å². The fourth-order valence-electron chi connectivity index (χ4n) is 2.24. The van der Waals surface area contributed by atoms with E-state index in [1.165, 1.54) is 16.7 Å². The standard InChI is InChI=1S/C18H15NOS3/c1-12-3-7-14(8-4-12)19-17(20)16(23-18(19)21)11-13-5-9-15(22-2)10-6-13/h3-11H,1-2H3. The highest BCUT2D eigenvalue weighted by Crippen LogP contribution is 2.36. The lowest BCUT2D eigenvalue weighted by atomic mass is 10.2. The van der Waals surface area contributed by atoms with E-state index < -0.39 is 0 Å². The molecule has 23 heavy (non-hydrogen) atoms. The van der Waals surface area contributed by atoms with E-state index in [4.69, 9.17) is 12.2 Å². The van der Waals surface area contributed by atoms with Crippen LogP contribution >= 0.6 is 35.7 Å². The summed E-state index contributed by atoms with van der Waals surface area (Å²) in [5.41, 5.74) is 2.98. The molecule has 2 nitrogen and oxygen atoms in total. The number of benzene rings is 2. The summed E-state index contributed by atoms with van der Waals surface area (Å²) in [6.45, 7) is 2.02. The topological polar surface area (TPSA) is 20.3 Å². The lowest BCUT2D eigenvalue weighted by molar-refractivity contribution is -0.113. The number of carbonyl (C=O) groups excluding carboxylic acids is 1. The summed E-state index contributed by atoms with van der Waals surface area (Å²) < 4.78 is 0.575. The molecule has 5 heteroatoms. The second-order valence-electron chi connectivity index (χ2n) is 5.13. The van der Waals surface area contributed by atoms with E-state index in [2.05, 4.69) is 12.1 Å². The highest BCUT2D eigenvalue weighted by Gasteiger charge is 2.33. The van der Waals surface area contributed by atoms with Crippen LogP contribution in [0.3, 0.4) is 0 Å². The molecule has 0 N–H and O–H groups in total. The first-order valence-corrected chi connectivity index (χ1v) is 9.52. The first-order chi connectivity index (χ1) is 11.1. The number of nitrogens with zero attached hydrogens (tertiary/aromatic N) is 1. The molecule has 1 saturated heterocycles. The molecule has 1 aliphatic heterocycles. The van der Waals surface area contributed by atoms with Crippen molar-refractivity contribution >= 4 is 57.7 Å². The van der Waals surface area contributed by atoms with E-state index in [0.717, 1.165) is 16.8 Å². The number of thiocarbonyl (C=S) groups is 1. The Morgan fingerprint density at radius 3 is 2.35 bits per heavy atom. The number of thioether (sulfide) groups is 2. The molecule has 1 amide bonds. The molecular weight excluding hydrogens is 342 g/mol. The molecule has 0 atom stereocenters. The van der Waals surface area contributed by atoms with Crippen LogP contribution in [-0.2, 0) is 4.79 Å². The average molecular weight is 358 g/mol. The maximum atomic E-state index is 12.7. The predicted octanol–water partition coefficient (Wildman–Crippen LogP) is 5.12. The molecule has 1 aliphatic rings. The van der Waals surface area contributed by atoms with E-state index in [-0.39, 0.29) is 5.91 Å². The summed E-state index contributed by atoms with van der Waals surface area (Å²) in [5.74, 6) is -0.0576. The summed E-state index contributed by atoms with van der Waals surface area (Å²) in [5, 5.41) is 0. The van der Waals surface area contributed by atoms with Crippen LogP contribution in [0.2, 0.25) is 0 Å². The number of hydrogen-bond donors (Lipinski definition) is 0. The summed E-state index contributed by atoms with van der Waals surface area (Å²) >= 11 is 8.44. The number of anilines is 1. The van der Waals surface area contributed by atoms with Gasteiger partial charge in [-0.15, -0.1) is 11.8 Å². The van der Waals surface area contributed by atoms with Crippen LogP contribution in [0.15, 0.2) is 58.3 Å². The van der Waals surface area contributed by atoms with Gasteiger partial charge in [-0.25, -0.2) is 0 Å². The van der Waals surface area contributed by atoms with E-state index in [0.29, 0.717) is 9.23 Å². The van der Waals surface area contributed by atoms with Gasteiger partial charge in [-0.3, -0.25) is 9.69 Å². The fourth-order valence-corrected chi connectivity index (χ4v) is 3.94. The highest BCUT2D eigenvalue weighted by molar-refractivity contribution is 8.27. The second kappa shape index (κ2) is 6.91. The summed E-state index contributed by atoms with van der Waals surface area (Å²) in [7, 11) is 0. The normalized spacial score (nSPS) is 16.4. The van der Waals surface area contributed by atoms with Gasteiger partial charge in [0.25, 0.3) is 5.91 Å². The summed E-state index contributed by atoms with van der Waals surface area (Å²) in [4.78, 5) is 16.1. The molecule has 0 aliphatic carbocycles. The molecule has 0 bridgehead atoms. The molecule has 2 aromatic carbocycles. The van der Waals surface area contributed by atoms with Crippen molar-refractivity contribution in [1.29, 1.82) is 0 Å². The predicted molar refractivity (Wildman–Crippen MR) is 105 cm³/mol. The zero-order chi connectivity index (χ0) is 16.4. The Bertz CT molecular complexity index is 779. The first-order valence-electron chi connectivity index (χ1n) is 7.07. The van der Waals surface area contributed by atoms with Crippen molar-refractivity contribution in [1.82, 2.24) is 0 Å². The maximum absolute atomic E-state index is 12.7. The van der Waals surface area contributed by atoms with Crippen molar-refractivity contribution in [3.63, 3.8) is 0 Å². The number of aryl methyl sites for hydroxylation is 1. The van der Waals surface area contributed by atoms with E-state index in [1.54, 1.807) is 16.7 Å². The van der Waals surface area contributed by atoms with Gasteiger partial charge in [0.05, 0.1) is 10.6 Å². The van der Waals surface area contributed by atoms with Gasteiger partial charge >= 0.3 is 0 Å². The minimum absolute atomic E-state index is 0.0576. The zero-order valence-corrected chi connectivity index (χ0v) is 15.2. The Balaban J connectivity index is 1.88. The molecule has 0 unspecified atom stereocenters. The molecular formula is C18H15NOS3. The lowest BCUT2D eigenvalue weighted by Crippen LogP contribution is -2.27. The molecule has 1 heterocycles. The van der Waals surface area contributed by atoms with Crippen molar-refractivity contribution in [2.75, 3.05) is 11.2 Å². The van der Waals surface area contributed by atoms with Gasteiger partial charge < -0.3 is 0 Å². The Hall–Kier alpha value is -1.56. The molecule has 116 valence electrons. The third kappa shape index (κ3) is 3.52. The Kier molecular flexibility index (Phi) is 4.90. The Morgan fingerprint density at radius 1 is 1.09 bits per heavy atom. The van der Waals surface area contributed by atoms with Gasteiger partial charge in [-0.2, -0.15) is 0 Å². The van der Waals surface area contributed by atoms with Gasteiger partial charge in [0.15, 0.2) is 4.32 Å². The van der Waals surface area contributed by atoms with Crippen molar-refractivity contribution in [2.24, 2.45) is 0 Å². The third-order valence-corrected chi connectivity index (χ3v) is 5.55. The minimum atomic E-state index is -0.0576. The highest BCUT2D eigenvalue weighted by atomic mass is 32.2. The van der Waals surface area contributed by atoms with E-state index >= 15 is 0 Å². The lowest BCUT2D eigenvalue weighted by Gasteiger charge is -2.14. The molecule has 0 aromatic heterocycles. The van der Waals surface area contributed by atoms with Crippen LogP contribution in [0.5, 0.6) is 0 Å². The van der Waals surface area contributed by atoms with Crippen molar-refractivity contribution in [3.8, 4) is 0 Å². The average Bonchev–Trinajstić information content (AvgIpc) is 2.83. The van der Waals surface area contributed by atoms with Crippen LogP contribution in [-0.4, -0.2) is 16.5 Å². The van der Waals surface area contributed by atoms with E-state index in [1.807, 2.05) is 55.7 Å². The third-order valence-electron chi connectivity index (χ3n) is 3.50. The fraction of sp³-hybridized carbons (Fsp3) is 0.111. The molecule has 0 radical (unpaired) electrons. The van der Waals surface area contributed by atoms with Crippen LogP contribution in [0.4, 0.5) is 5.69 Å². The molecule has 2 aromatic rings. The van der Waals surface area contributed by atoms with Crippen molar-refractivity contribution in [2.45, 2.75) is 11.8 Å². The first kappa shape index (κ1) is 16.3. The quantitative estimate of drug-likeness (QED) is 0.431. The maximum Gasteiger partial charge on any atom is 0.270 e. The molecule has 0 spiro atoms. The van der Waals surface area contributed by atoms with Gasteiger partial charge in [-0.1, -0.05) is 53.8 Å². The smallest absolute Gasteiger partial charge is 0.268 e. The summed E-state index contributed by atoms with van der Waals surface area (Å²) in [6.07, 6.45) is 3.94. The van der Waals surface area contributed by atoms with Crippen LogP contribution < -0.4 is 4.90 Å². The number of rotatable bonds is 3. The van der Waals surface area contributed by atoms with Crippen molar-refractivity contribution < 1.29 is 4.79 Å². The molecule has 0 saturated carbocycles. The van der Waals surface area contributed by atoms with Gasteiger partial charge in [0.1, 0.15) is 0 Å². The number of amides is 1. The summed E-state index contributed by atoms with van der Waals surface area (Å²) in [6, 6.07) is 16.0. The van der Waals surface area contributed by atoms with Gasteiger partial charge in [-0.05, 0) is 49.1 Å². The number of carbonyl (C=O) groups is 1. The largest absolute Gasteiger partial charge is 0.270 e. The van der Waals surface area contributed by atoms with Gasteiger partial charge in [0.2, 0.25) is 0 Å². The Morgan fingerprint density at radius 2 is 1.74 bits per heavy atom. The number of hydrogen-bond acceptors (Lipinski definition) is 4. The van der Waals surface area contributed by atoms with Crippen LogP contribution in [0, 0.1) is 6.92 Å². The van der Waals surface area contributed by atoms with Crippen LogP contribution in [0.25, 0.3) is 6.08 Å². The van der Waals surface area contributed by atoms with Crippen LogP contribution in [0.1, 0.15) is 11.1 Å². The molecule has 1 fully saturated rings. The monoisotopic (exact) mass is 357 g/mol. The van der Waals surface area contributed by atoms with Crippen molar-refractivity contribution in [3.05, 3.63) is 64.6 Å². The SMILES string of the molecule is CSc1ccc(C=C2SC(=S)N(c3ccc(C)cc3)C2=O)cc1. The zero-order valence-electron chi connectivity index (χ0n) is 12.8. The molecule has 3 rings (SSSR count). The second-order valence-corrected chi connectivity index (χ2v) is 7.68. The minimum Gasteiger partial charge on any atom is -0.268 e. The van der Waals surface area contributed by atoms with Gasteiger partial charge in [0, 0.05) is 4.90 Å². The Labute approximate surface area is 150 Å².